The van der Waals surface area contributed by atoms with Gasteiger partial charge in [0.15, 0.2) is 0 Å². The summed E-state index contributed by atoms with van der Waals surface area (Å²) in [4.78, 5) is 9.58. The molecule has 5 heteroatoms. The van der Waals surface area contributed by atoms with Crippen molar-refractivity contribution in [3.63, 3.8) is 0 Å². The van der Waals surface area contributed by atoms with Crippen LogP contribution in [0.5, 0.6) is 5.88 Å². The highest BCUT2D eigenvalue weighted by atomic mass is 16.5. The lowest BCUT2D eigenvalue weighted by Crippen LogP contribution is -2.47. The van der Waals surface area contributed by atoms with Gasteiger partial charge in [-0.1, -0.05) is 0 Å². The van der Waals surface area contributed by atoms with Crippen LogP contribution in [0.2, 0.25) is 0 Å². The maximum Gasteiger partial charge on any atom is 0.215 e. The maximum absolute atomic E-state index is 5.96. The highest BCUT2D eigenvalue weighted by molar-refractivity contribution is 5.40. The molecule has 2 saturated heterocycles. The van der Waals surface area contributed by atoms with Crippen LogP contribution >= 0.6 is 0 Å². The number of piperazine rings is 1. The first kappa shape index (κ1) is 14.3. The average Bonchev–Trinajstić information content (AvgIpc) is 3.41. The molecular weight excluding hydrogens is 278 g/mol. The average molecular weight is 302 g/mol. The summed E-state index contributed by atoms with van der Waals surface area (Å²) < 4.78 is 11.4. The van der Waals surface area contributed by atoms with E-state index in [1.807, 2.05) is 12.1 Å². The zero-order valence-corrected chi connectivity index (χ0v) is 13.0. The molecule has 0 N–H and O–H groups in total. The van der Waals surface area contributed by atoms with E-state index in [1.165, 1.54) is 12.8 Å². The minimum absolute atomic E-state index is 0.142. The predicted molar refractivity (Wildman–Crippen MR) is 84.4 cm³/mol. The summed E-state index contributed by atoms with van der Waals surface area (Å²) in [5.41, 5.74) is 0. The number of rotatable bonds is 4. The second kappa shape index (κ2) is 6.42. The third-order valence-corrected chi connectivity index (χ3v) is 4.74. The Bertz CT molecular complexity index is 492. The van der Waals surface area contributed by atoms with Gasteiger partial charge >= 0.3 is 0 Å². The van der Waals surface area contributed by atoms with E-state index in [0.717, 1.165) is 57.5 Å². The van der Waals surface area contributed by atoms with Crippen LogP contribution in [0, 0.1) is 6.07 Å². The molecule has 3 heterocycles. The molecule has 1 unspecified atom stereocenters. The fourth-order valence-corrected chi connectivity index (χ4v) is 3.30. The first-order chi connectivity index (χ1) is 10.9. The summed E-state index contributed by atoms with van der Waals surface area (Å²) in [6.45, 7) is 5.89. The molecule has 0 spiro atoms. The van der Waals surface area contributed by atoms with Crippen molar-refractivity contribution in [2.45, 2.75) is 37.8 Å². The molecule has 119 valence electrons. The number of nitrogens with zero attached hydrogens (tertiary/aromatic N) is 3. The third kappa shape index (κ3) is 3.36. The predicted octanol–water partition coefficient (Wildman–Crippen LogP) is 1.72. The molecule has 1 saturated carbocycles. The monoisotopic (exact) mass is 302 g/mol. The van der Waals surface area contributed by atoms with Crippen LogP contribution in [0.15, 0.2) is 12.1 Å². The third-order valence-electron chi connectivity index (χ3n) is 4.74. The first-order valence-electron chi connectivity index (χ1n) is 8.50. The van der Waals surface area contributed by atoms with Gasteiger partial charge in [0.2, 0.25) is 5.88 Å². The van der Waals surface area contributed by atoms with Gasteiger partial charge in [-0.25, -0.2) is 0 Å². The van der Waals surface area contributed by atoms with Crippen LogP contribution in [0.25, 0.3) is 0 Å². The Kier molecular flexibility index (Phi) is 4.17. The molecule has 1 atom stereocenters. The normalized spacial score (nSPS) is 26.9. The lowest BCUT2D eigenvalue weighted by Gasteiger charge is -2.35. The molecule has 0 bridgehead atoms. The van der Waals surface area contributed by atoms with Gasteiger partial charge < -0.3 is 14.4 Å². The van der Waals surface area contributed by atoms with Crippen molar-refractivity contribution in [1.82, 2.24) is 9.88 Å². The zero-order chi connectivity index (χ0) is 14.8. The van der Waals surface area contributed by atoms with E-state index in [-0.39, 0.29) is 6.10 Å². The zero-order valence-electron chi connectivity index (χ0n) is 13.0. The number of anilines is 1. The van der Waals surface area contributed by atoms with Gasteiger partial charge in [-0.2, -0.15) is 4.98 Å². The lowest BCUT2D eigenvalue weighted by atomic mass is 10.2. The van der Waals surface area contributed by atoms with E-state index < -0.39 is 0 Å². The molecule has 2 aliphatic heterocycles. The first-order valence-corrected chi connectivity index (χ1v) is 8.50. The summed E-state index contributed by atoms with van der Waals surface area (Å²) in [6.07, 6.45) is 5.03. The molecule has 1 aromatic heterocycles. The van der Waals surface area contributed by atoms with Crippen molar-refractivity contribution < 1.29 is 9.47 Å². The van der Waals surface area contributed by atoms with Gasteiger partial charge in [-0.05, 0) is 31.7 Å². The van der Waals surface area contributed by atoms with Crippen molar-refractivity contribution in [1.29, 1.82) is 0 Å². The molecule has 0 aromatic carbocycles. The van der Waals surface area contributed by atoms with E-state index in [2.05, 4.69) is 20.9 Å². The van der Waals surface area contributed by atoms with E-state index in [9.17, 15) is 0 Å². The summed E-state index contributed by atoms with van der Waals surface area (Å²) in [5.74, 6) is 1.62. The van der Waals surface area contributed by atoms with E-state index in [4.69, 9.17) is 9.47 Å². The van der Waals surface area contributed by atoms with Gasteiger partial charge in [0, 0.05) is 51.0 Å². The molecule has 4 rings (SSSR count). The van der Waals surface area contributed by atoms with Crippen LogP contribution in [-0.4, -0.2) is 61.4 Å². The second-order valence-electron chi connectivity index (χ2n) is 6.46. The Hall–Kier alpha value is -1.33. The number of hydrogen-bond donors (Lipinski definition) is 0. The summed E-state index contributed by atoms with van der Waals surface area (Å²) in [5, 5.41) is 0. The Labute approximate surface area is 132 Å². The van der Waals surface area contributed by atoms with Gasteiger partial charge in [0.25, 0.3) is 0 Å². The van der Waals surface area contributed by atoms with Crippen LogP contribution in [0.1, 0.15) is 25.7 Å². The Morgan fingerprint density at radius 1 is 1.18 bits per heavy atom. The molecule has 5 nitrogen and oxygen atoms in total. The highest BCUT2D eigenvalue weighted by Gasteiger charge is 2.31. The molecular formula is C17H24N3O2. The Morgan fingerprint density at radius 2 is 2.05 bits per heavy atom. The molecule has 1 aromatic rings. The standard InChI is InChI=1S/C17H24N3O2/c1-4-16(20-10-8-19(9-11-20)14-6-7-14)18-17(5-1)22-15-3-2-12-21-13-15/h1,5,14-15H,2-3,6-13H2. The van der Waals surface area contributed by atoms with Crippen molar-refractivity contribution in [3.05, 3.63) is 18.2 Å². The quantitative estimate of drug-likeness (QED) is 0.847. The summed E-state index contributed by atoms with van der Waals surface area (Å²) in [6, 6.07) is 7.95. The topological polar surface area (TPSA) is 37.8 Å². The van der Waals surface area contributed by atoms with Crippen molar-refractivity contribution in [2.75, 3.05) is 44.3 Å². The molecule has 3 fully saturated rings. The molecule has 0 amide bonds. The van der Waals surface area contributed by atoms with Crippen molar-refractivity contribution >= 4 is 5.82 Å². The Balaban J connectivity index is 1.36. The minimum Gasteiger partial charge on any atom is -0.472 e. The minimum atomic E-state index is 0.142. The van der Waals surface area contributed by atoms with E-state index in [0.29, 0.717) is 12.5 Å². The summed E-state index contributed by atoms with van der Waals surface area (Å²) in [7, 11) is 0. The number of ether oxygens (including phenoxy) is 2. The van der Waals surface area contributed by atoms with Crippen molar-refractivity contribution in [3.8, 4) is 5.88 Å². The smallest absolute Gasteiger partial charge is 0.215 e. The van der Waals surface area contributed by atoms with Crippen LogP contribution < -0.4 is 9.64 Å². The van der Waals surface area contributed by atoms with E-state index in [1.54, 1.807) is 0 Å². The lowest BCUT2D eigenvalue weighted by molar-refractivity contribution is 0.00553. The van der Waals surface area contributed by atoms with Gasteiger partial charge in [-0.3, -0.25) is 4.90 Å². The number of aromatic nitrogens is 1. The van der Waals surface area contributed by atoms with Gasteiger partial charge in [0.1, 0.15) is 11.9 Å². The van der Waals surface area contributed by atoms with Crippen LogP contribution in [0.4, 0.5) is 5.82 Å². The van der Waals surface area contributed by atoms with Gasteiger partial charge in [-0.15, -0.1) is 0 Å². The molecule has 3 aliphatic rings. The maximum atomic E-state index is 5.96. The Morgan fingerprint density at radius 3 is 2.77 bits per heavy atom. The van der Waals surface area contributed by atoms with Crippen LogP contribution in [-0.2, 0) is 4.74 Å². The fourth-order valence-electron chi connectivity index (χ4n) is 3.30. The molecule has 1 radical (unpaired) electrons. The highest BCUT2D eigenvalue weighted by Crippen LogP contribution is 2.28. The molecule has 22 heavy (non-hydrogen) atoms. The SMILES string of the molecule is [c]1ccc(OC2CCCOC2)nc1N1CCN(C2CC2)CC1. The second-order valence-corrected chi connectivity index (χ2v) is 6.46. The van der Waals surface area contributed by atoms with Crippen molar-refractivity contribution in [2.24, 2.45) is 0 Å². The van der Waals surface area contributed by atoms with E-state index >= 15 is 0 Å². The number of pyridine rings is 1. The van der Waals surface area contributed by atoms with Crippen LogP contribution in [0.3, 0.4) is 0 Å². The summed E-state index contributed by atoms with van der Waals surface area (Å²) >= 11 is 0. The molecule has 1 aliphatic carbocycles. The number of hydrogen-bond acceptors (Lipinski definition) is 5. The van der Waals surface area contributed by atoms with Gasteiger partial charge in [0.05, 0.1) is 6.61 Å². The fraction of sp³-hybridized carbons (Fsp3) is 0.706. The largest absolute Gasteiger partial charge is 0.472 e.